The highest BCUT2D eigenvalue weighted by Gasteiger charge is 2.33. The molecule has 0 radical (unpaired) electrons. The van der Waals surface area contributed by atoms with E-state index in [0.717, 1.165) is 17.3 Å². The summed E-state index contributed by atoms with van der Waals surface area (Å²) in [5.74, 6) is -0.899. The summed E-state index contributed by atoms with van der Waals surface area (Å²) < 4.78 is 6.27. The first-order chi connectivity index (χ1) is 15.8. The van der Waals surface area contributed by atoms with Gasteiger partial charge in [0.2, 0.25) is 0 Å². The van der Waals surface area contributed by atoms with Crippen LogP contribution in [0, 0.1) is 0 Å². The smallest absolute Gasteiger partial charge is 0.335 e. The molecule has 1 amide bonds. The van der Waals surface area contributed by atoms with Gasteiger partial charge in [0.05, 0.1) is 16.2 Å². The lowest BCUT2D eigenvalue weighted by molar-refractivity contribution is -0.113. The molecule has 9 heteroatoms. The number of carbonyl (C=O) groups is 2. The van der Waals surface area contributed by atoms with Crippen molar-refractivity contribution in [2.24, 2.45) is 0 Å². The van der Waals surface area contributed by atoms with Gasteiger partial charge in [-0.3, -0.25) is 9.69 Å². The van der Waals surface area contributed by atoms with Gasteiger partial charge in [0.15, 0.2) is 4.32 Å². The number of aromatic carboxylic acids is 1. The largest absolute Gasteiger partial charge is 0.488 e. The van der Waals surface area contributed by atoms with Crippen LogP contribution in [-0.4, -0.2) is 21.3 Å². The first-order valence-electron chi connectivity index (χ1n) is 9.60. The van der Waals surface area contributed by atoms with Crippen molar-refractivity contribution in [3.63, 3.8) is 0 Å². The van der Waals surface area contributed by atoms with Crippen molar-refractivity contribution in [1.82, 2.24) is 0 Å². The van der Waals surface area contributed by atoms with E-state index in [9.17, 15) is 14.7 Å². The molecule has 1 aliphatic rings. The summed E-state index contributed by atoms with van der Waals surface area (Å²) in [5.41, 5.74) is 1.97. The fourth-order valence-corrected chi connectivity index (χ4v) is 4.84. The van der Waals surface area contributed by atoms with Gasteiger partial charge in [0, 0.05) is 15.6 Å². The normalized spacial score (nSPS) is 14.7. The highest BCUT2D eigenvalue weighted by atomic mass is 35.5. The third kappa shape index (κ3) is 5.39. The van der Waals surface area contributed by atoms with Crippen LogP contribution in [0.5, 0.6) is 5.75 Å². The molecule has 33 heavy (non-hydrogen) atoms. The van der Waals surface area contributed by atoms with Gasteiger partial charge in [-0.2, -0.15) is 0 Å². The predicted octanol–water partition coefficient (Wildman–Crippen LogP) is 6.68. The SMILES string of the molecule is O=C(O)c1cccc(N2C(=O)/C(=C\c3cc(Cl)ccc3OCc3cccc(Cl)c3)SC2=S)c1. The average Bonchev–Trinajstić information content (AvgIpc) is 3.06. The number of carboxylic acids is 1. The van der Waals surface area contributed by atoms with E-state index in [-0.39, 0.29) is 18.1 Å². The molecular weight excluding hydrogens is 501 g/mol. The summed E-state index contributed by atoms with van der Waals surface area (Å²) in [6.45, 7) is 0.284. The molecule has 3 aromatic carbocycles. The highest BCUT2D eigenvalue weighted by molar-refractivity contribution is 8.27. The number of amides is 1. The molecule has 5 nitrogen and oxygen atoms in total. The van der Waals surface area contributed by atoms with Gasteiger partial charge in [0.1, 0.15) is 12.4 Å². The summed E-state index contributed by atoms with van der Waals surface area (Å²) in [4.78, 5) is 26.1. The van der Waals surface area contributed by atoms with Gasteiger partial charge in [-0.25, -0.2) is 4.79 Å². The molecule has 0 unspecified atom stereocenters. The van der Waals surface area contributed by atoms with Crippen molar-refractivity contribution in [3.05, 3.63) is 98.4 Å². The van der Waals surface area contributed by atoms with E-state index < -0.39 is 5.97 Å². The molecule has 0 saturated carbocycles. The molecule has 166 valence electrons. The van der Waals surface area contributed by atoms with E-state index in [2.05, 4.69) is 0 Å². The van der Waals surface area contributed by atoms with Crippen molar-refractivity contribution in [2.75, 3.05) is 4.90 Å². The van der Waals surface area contributed by atoms with Crippen LogP contribution >= 0.6 is 47.2 Å². The highest BCUT2D eigenvalue weighted by Crippen LogP contribution is 2.38. The second kappa shape index (κ2) is 9.97. The van der Waals surface area contributed by atoms with E-state index in [1.54, 1.807) is 42.5 Å². The molecule has 1 saturated heterocycles. The lowest BCUT2D eigenvalue weighted by Gasteiger charge is -2.15. The lowest BCUT2D eigenvalue weighted by atomic mass is 10.1. The second-order valence-electron chi connectivity index (χ2n) is 6.97. The van der Waals surface area contributed by atoms with Crippen LogP contribution in [0.15, 0.2) is 71.6 Å². The summed E-state index contributed by atoms with van der Waals surface area (Å²) in [6, 6.07) is 18.5. The molecular formula is C24H15Cl2NO4S2. The van der Waals surface area contributed by atoms with Crippen LogP contribution in [0.2, 0.25) is 10.0 Å². The van der Waals surface area contributed by atoms with Crippen LogP contribution in [0.3, 0.4) is 0 Å². The number of carboxylic acid groups (broad SMARTS) is 1. The van der Waals surface area contributed by atoms with Gasteiger partial charge in [-0.1, -0.05) is 65.4 Å². The van der Waals surface area contributed by atoms with Crippen molar-refractivity contribution in [2.45, 2.75) is 6.61 Å². The fourth-order valence-electron chi connectivity index (χ4n) is 3.16. The number of carbonyl (C=O) groups excluding carboxylic acids is 1. The van der Waals surface area contributed by atoms with Crippen LogP contribution in [0.4, 0.5) is 5.69 Å². The number of benzene rings is 3. The number of hydrogen-bond donors (Lipinski definition) is 1. The Labute approximate surface area is 209 Å². The number of thiocarbonyl (C=S) groups is 1. The standard InChI is InChI=1S/C24H15Cl2NO4S2/c25-17-5-1-3-14(9-17)13-31-20-8-7-18(26)10-16(20)12-21-22(28)27(24(32)33-21)19-6-2-4-15(11-19)23(29)30/h1-12H,13H2,(H,29,30)/b21-12+. The van der Waals surface area contributed by atoms with E-state index >= 15 is 0 Å². The quantitative estimate of drug-likeness (QED) is 0.291. The summed E-state index contributed by atoms with van der Waals surface area (Å²) in [6.07, 6.45) is 1.67. The van der Waals surface area contributed by atoms with Crippen LogP contribution in [0.1, 0.15) is 21.5 Å². The van der Waals surface area contributed by atoms with Crippen molar-refractivity contribution >= 4 is 75.1 Å². The Morgan fingerprint density at radius 2 is 1.82 bits per heavy atom. The lowest BCUT2D eigenvalue weighted by Crippen LogP contribution is -2.27. The molecule has 0 aromatic heterocycles. The zero-order valence-electron chi connectivity index (χ0n) is 16.8. The van der Waals surface area contributed by atoms with E-state index in [0.29, 0.717) is 36.3 Å². The Hall–Kier alpha value is -2.84. The minimum absolute atomic E-state index is 0.0667. The summed E-state index contributed by atoms with van der Waals surface area (Å²) in [7, 11) is 0. The minimum atomic E-state index is -1.08. The zero-order valence-corrected chi connectivity index (χ0v) is 20.0. The van der Waals surface area contributed by atoms with Crippen LogP contribution in [-0.2, 0) is 11.4 Å². The molecule has 1 fully saturated rings. The number of hydrogen-bond acceptors (Lipinski definition) is 5. The number of rotatable bonds is 6. The number of thioether (sulfide) groups is 1. The third-order valence-corrected chi connectivity index (χ3v) is 6.46. The zero-order chi connectivity index (χ0) is 23.5. The van der Waals surface area contributed by atoms with Gasteiger partial charge in [-0.05, 0) is 60.2 Å². The Kier molecular flexibility index (Phi) is 7.05. The summed E-state index contributed by atoms with van der Waals surface area (Å²) >= 11 is 18.8. The number of ether oxygens (including phenoxy) is 1. The third-order valence-electron chi connectivity index (χ3n) is 4.69. The molecule has 1 heterocycles. The van der Waals surface area contributed by atoms with Gasteiger partial charge in [0.25, 0.3) is 5.91 Å². The van der Waals surface area contributed by atoms with Crippen LogP contribution in [0.25, 0.3) is 6.08 Å². The Morgan fingerprint density at radius 3 is 2.58 bits per heavy atom. The van der Waals surface area contributed by atoms with Crippen molar-refractivity contribution in [3.8, 4) is 5.75 Å². The Morgan fingerprint density at radius 1 is 1.06 bits per heavy atom. The maximum atomic E-state index is 13.1. The fraction of sp³-hybridized carbons (Fsp3) is 0.0417. The minimum Gasteiger partial charge on any atom is -0.488 e. The second-order valence-corrected chi connectivity index (χ2v) is 9.52. The van der Waals surface area contributed by atoms with Gasteiger partial charge in [-0.15, -0.1) is 0 Å². The Bertz CT molecular complexity index is 1310. The number of halogens is 2. The molecule has 1 aliphatic heterocycles. The first kappa shape index (κ1) is 23.3. The average molecular weight is 516 g/mol. The van der Waals surface area contributed by atoms with Crippen molar-refractivity contribution in [1.29, 1.82) is 0 Å². The Balaban J connectivity index is 1.62. The molecule has 0 aliphatic carbocycles. The maximum Gasteiger partial charge on any atom is 0.335 e. The topological polar surface area (TPSA) is 66.8 Å². The van der Waals surface area contributed by atoms with Gasteiger partial charge < -0.3 is 9.84 Å². The summed E-state index contributed by atoms with van der Waals surface area (Å²) in [5, 5.41) is 10.3. The van der Waals surface area contributed by atoms with Crippen molar-refractivity contribution < 1.29 is 19.4 Å². The first-order valence-corrected chi connectivity index (χ1v) is 11.6. The molecule has 0 bridgehead atoms. The molecule has 1 N–H and O–H groups in total. The van der Waals surface area contributed by atoms with E-state index in [1.807, 2.05) is 18.2 Å². The van der Waals surface area contributed by atoms with Gasteiger partial charge >= 0.3 is 5.97 Å². The van der Waals surface area contributed by atoms with E-state index in [4.69, 9.17) is 40.2 Å². The molecule has 4 rings (SSSR count). The molecule has 0 atom stereocenters. The number of anilines is 1. The monoisotopic (exact) mass is 515 g/mol. The molecule has 0 spiro atoms. The number of nitrogens with zero attached hydrogens (tertiary/aromatic N) is 1. The maximum absolute atomic E-state index is 13.1. The van der Waals surface area contributed by atoms with Crippen LogP contribution < -0.4 is 9.64 Å². The van der Waals surface area contributed by atoms with E-state index in [1.165, 1.54) is 17.0 Å². The predicted molar refractivity (Wildman–Crippen MR) is 136 cm³/mol. The molecule has 3 aromatic rings.